The first kappa shape index (κ1) is 16.5. The maximum atomic E-state index is 12.6. The van der Waals surface area contributed by atoms with Gasteiger partial charge in [-0.05, 0) is 41.0 Å². The van der Waals surface area contributed by atoms with Crippen LogP contribution in [-0.4, -0.2) is 19.1 Å². The van der Waals surface area contributed by atoms with Gasteiger partial charge < -0.3 is 14.8 Å². The van der Waals surface area contributed by atoms with Crippen LogP contribution in [0.1, 0.15) is 24.0 Å². The largest absolute Gasteiger partial charge is 0.486 e. The van der Waals surface area contributed by atoms with E-state index in [1.54, 1.807) is 0 Å². The summed E-state index contributed by atoms with van der Waals surface area (Å²) in [6.45, 7) is 3.52. The molecule has 1 heterocycles. The predicted molar refractivity (Wildman–Crippen MR) is 102 cm³/mol. The number of nitrogens with one attached hydrogen (secondary N) is 1. The zero-order chi connectivity index (χ0) is 17.9. The molecule has 4 heteroatoms. The summed E-state index contributed by atoms with van der Waals surface area (Å²) < 4.78 is 11.2. The minimum absolute atomic E-state index is 0.00499. The van der Waals surface area contributed by atoms with Crippen molar-refractivity contribution in [3.05, 3.63) is 71.8 Å². The van der Waals surface area contributed by atoms with Gasteiger partial charge in [-0.15, -0.1) is 0 Å². The molecule has 1 unspecified atom stereocenters. The minimum atomic E-state index is -0.263. The van der Waals surface area contributed by atoms with E-state index in [1.165, 1.54) is 10.8 Å². The number of rotatable bonds is 4. The normalized spacial score (nSPS) is 14.0. The lowest BCUT2D eigenvalue weighted by atomic mass is 9.99. The number of carbonyl (C=O) groups is 1. The fourth-order valence-corrected chi connectivity index (χ4v) is 3.26. The van der Waals surface area contributed by atoms with Crippen LogP contribution in [0.3, 0.4) is 0 Å². The standard InChI is InChI=1S/C22H21NO3/c1-15(17-9-10-20-21(13-17)26-12-11-25-20)22(24)23-14-18-7-4-6-16-5-2-3-8-19(16)18/h2-10,13,15H,11-12,14H2,1H3,(H,23,24). The number of hydrogen-bond acceptors (Lipinski definition) is 3. The van der Waals surface area contributed by atoms with Gasteiger partial charge in [0.05, 0.1) is 5.92 Å². The first-order valence-electron chi connectivity index (χ1n) is 8.86. The number of carbonyl (C=O) groups excluding carboxylic acids is 1. The van der Waals surface area contributed by atoms with Gasteiger partial charge in [0.25, 0.3) is 0 Å². The van der Waals surface area contributed by atoms with Crippen molar-refractivity contribution < 1.29 is 14.3 Å². The molecule has 1 N–H and O–H groups in total. The third-order valence-electron chi connectivity index (χ3n) is 4.79. The Morgan fingerprint density at radius 2 is 1.77 bits per heavy atom. The molecule has 0 radical (unpaired) electrons. The maximum absolute atomic E-state index is 12.6. The Morgan fingerprint density at radius 3 is 2.65 bits per heavy atom. The summed E-state index contributed by atoms with van der Waals surface area (Å²) in [6.07, 6.45) is 0. The van der Waals surface area contributed by atoms with Crippen molar-refractivity contribution in [2.24, 2.45) is 0 Å². The summed E-state index contributed by atoms with van der Waals surface area (Å²) in [7, 11) is 0. The van der Waals surface area contributed by atoms with Gasteiger partial charge in [0, 0.05) is 6.54 Å². The second kappa shape index (κ2) is 7.08. The van der Waals surface area contributed by atoms with Crippen LogP contribution in [0.4, 0.5) is 0 Å². The fraction of sp³-hybridized carbons (Fsp3) is 0.227. The van der Waals surface area contributed by atoms with Crippen LogP contribution < -0.4 is 14.8 Å². The van der Waals surface area contributed by atoms with Gasteiger partial charge in [-0.1, -0.05) is 48.5 Å². The van der Waals surface area contributed by atoms with E-state index in [-0.39, 0.29) is 11.8 Å². The van der Waals surface area contributed by atoms with Crippen LogP contribution in [0.15, 0.2) is 60.7 Å². The lowest BCUT2D eigenvalue weighted by Gasteiger charge is -2.20. The topological polar surface area (TPSA) is 47.6 Å². The predicted octanol–water partition coefficient (Wildman–Crippen LogP) is 4.03. The molecule has 4 nitrogen and oxygen atoms in total. The number of ether oxygens (including phenoxy) is 2. The van der Waals surface area contributed by atoms with Crippen LogP contribution in [0, 0.1) is 0 Å². The van der Waals surface area contributed by atoms with Crippen molar-refractivity contribution in [3.8, 4) is 11.5 Å². The summed E-state index contributed by atoms with van der Waals surface area (Å²) in [5, 5.41) is 5.41. The van der Waals surface area contributed by atoms with Crippen LogP contribution in [0.25, 0.3) is 10.8 Å². The molecule has 1 amide bonds. The average Bonchev–Trinajstić information content (AvgIpc) is 2.71. The van der Waals surface area contributed by atoms with Crippen LogP contribution in [-0.2, 0) is 11.3 Å². The third kappa shape index (κ3) is 3.23. The molecule has 3 aromatic carbocycles. The molecule has 0 aromatic heterocycles. The van der Waals surface area contributed by atoms with Gasteiger partial charge in [0.2, 0.25) is 5.91 Å². The number of amides is 1. The van der Waals surface area contributed by atoms with E-state index in [4.69, 9.17) is 9.47 Å². The van der Waals surface area contributed by atoms with E-state index in [1.807, 2.05) is 43.3 Å². The van der Waals surface area contributed by atoms with E-state index in [2.05, 4.69) is 29.6 Å². The van der Waals surface area contributed by atoms with E-state index >= 15 is 0 Å². The summed E-state index contributed by atoms with van der Waals surface area (Å²) in [5.41, 5.74) is 2.04. The highest BCUT2D eigenvalue weighted by Crippen LogP contribution is 2.33. The highest BCUT2D eigenvalue weighted by atomic mass is 16.6. The molecule has 0 spiro atoms. The quantitative estimate of drug-likeness (QED) is 0.775. The fourth-order valence-electron chi connectivity index (χ4n) is 3.26. The molecule has 0 saturated carbocycles. The molecular formula is C22H21NO3. The first-order valence-corrected chi connectivity index (χ1v) is 8.86. The summed E-state index contributed by atoms with van der Waals surface area (Å²) in [4.78, 5) is 12.6. The van der Waals surface area contributed by atoms with Crippen LogP contribution >= 0.6 is 0 Å². The lowest BCUT2D eigenvalue weighted by molar-refractivity contribution is -0.122. The number of fused-ring (bicyclic) bond motifs is 2. The van der Waals surface area contributed by atoms with Crippen molar-refractivity contribution in [2.75, 3.05) is 13.2 Å². The van der Waals surface area contributed by atoms with Crippen LogP contribution in [0.2, 0.25) is 0 Å². The first-order chi connectivity index (χ1) is 12.7. The van der Waals surface area contributed by atoms with Crippen molar-refractivity contribution in [3.63, 3.8) is 0 Å². The van der Waals surface area contributed by atoms with Gasteiger partial charge in [-0.3, -0.25) is 4.79 Å². The zero-order valence-corrected chi connectivity index (χ0v) is 14.7. The zero-order valence-electron chi connectivity index (χ0n) is 14.7. The smallest absolute Gasteiger partial charge is 0.227 e. The number of benzene rings is 3. The maximum Gasteiger partial charge on any atom is 0.227 e. The molecule has 4 rings (SSSR count). The molecule has 132 valence electrons. The Morgan fingerprint density at radius 1 is 1.00 bits per heavy atom. The van der Waals surface area contributed by atoms with Crippen LogP contribution in [0.5, 0.6) is 11.5 Å². The van der Waals surface area contributed by atoms with Crippen molar-refractivity contribution in [1.82, 2.24) is 5.32 Å². The molecule has 1 atom stereocenters. The summed E-state index contributed by atoms with van der Waals surface area (Å²) in [6, 6.07) is 20.1. The molecule has 0 aliphatic carbocycles. The SMILES string of the molecule is CC(C(=O)NCc1cccc2ccccc12)c1ccc2c(c1)OCCO2. The second-order valence-corrected chi connectivity index (χ2v) is 6.48. The third-order valence-corrected chi connectivity index (χ3v) is 4.79. The van der Waals surface area contributed by atoms with E-state index < -0.39 is 0 Å². The van der Waals surface area contributed by atoms with E-state index in [0.29, 0.717) is 25.5 Å². The molecule has 0 fully saturated rings. The molecular weight excluding hydrogens is 326 g/mol. The van der Waals surface area contributed by atoms with E-state index in [0.717, 1.165) is 16.9 Å². The molecule has 1 aliphatic heterocycles. The highest BCUT2D eigenvalue weighted by Gasteiger charge is 2.19. The van der Waals surface area contributed by atoms with Gasteiger partial charge in [-0.2, -0.15) is 0 Å². The lowest BCUT2D eigenvalue weighted by Crippen LogP contribution is -2.27. The molecule has 0 bridgehead atoms. The minimum Gasteiger partial charge on any atom is -0.486 e. The van der Waals surface area contributed by atoms with Gasteiger partial charge in [0.1, 0.15) is 13.2 Å². The molecule has 1 aliphatic rings. The highest BCUT2D eigenvalue weighted by molar-refractivity contribution is 5.87. The second-order valence-electron chi connectivity index (χ2n) is 6.48. The Kier molecular flexibility index (Phi) is 4.48. The summed E-state index contributed by atoms with van der Waals surface area (Å²) in [5.74, 6) is 1.18. The van der Waals surface area contributed by atoms with E-state index in [9.17, 15) is 4.79 Å². The Hall–Kier alpha value is -3.01. The summed E-state index contributed by atoms with van der Waals surface area (Å²) >= 11 is 0. The molecule has 26 heavy (non-hydrogen) atoms. The van der Waals surface area contributed by atoms with Gasteiger partial charge in [-0.25, -0.2) is 0 Å². The molecule has 0 saturated heterocycles. The Bertz CT molecular complexity index is 946. The van der Waals surface area contributed by atoms with Gasteiger partial charge >= 0.3 is 0 Å². The van der Waals surface area contributed by atoms with Crippen molar-refractivity contribution >= 4 is 16.7 Å². The Balaban J connectivity index is 1.47. The van der Waals surface area contributed by atoms with Crippen molar-refractivity contribution in [2.45, 2.75) is 19.4 Å². The van der Waals surface area contributed by atoms with Gasteiger partial charge in [0.15, 0.2) is 11.5 Å². The average molecular weight is 347 g/mol. The molecule has 3 aromatic rings. The monoisotopic (exact) mass is 347 g/mol. The Labute approximate surface area is 152 Å². The number of hydrogen-bond donors (Lipinski definition) is 1. The van der Waals surface area contributed by atoms with Crippen molar-refractivity contribution in [1.29, 1.82) is 0 Å².